The lowest BCUT2D eigenvalue weighted by Crippen LogP contribution is -2.46. The smallest absolute Gasteiger partial charge is 0.151 e. The summed E-state index contributed by atoms with van der Waals surface area (Å²) in [5.41, 5.74) is 4.21. The van der Waals surface area contributed by atoms with Gasteiger partial charge in [-0.3, -0.25) is 4.31 Å². The Labute approximate surface area is 199 Å². The van der Waals surface area contributed by atoms with Crippen molar-refractivity contribution < 1.29 is 5.11 Å². The number of pyridine rings is 1. The highest BCUT2D eigenvalue weighted by Gasteiger charge is 2.40. The predicted molar refractivity (Wildman–Crippen MR) is 131 cm³/mol. The normalized spacial score (nSPS) is 27.3. The van der Waals surface area contributed by atoms with Crippen molar-refractivity contribution in [3.05, 3.63) is 41.4 Å². The number of halogens is 1. The molecule has 0 aromatic carbocycles. The number of piperidine rings is 1. The van der Waals surface area contributed by atoms with Gasteiger partial charge >= 0.3 is 0 Å². The van der Waals surface area contributed by atoms with Crippen molar-refractivity contribution in [2.45, 2.75) is 55.8 Å². The van der Waals surface area contributed by atoms with Crippen LogP contribution in [0.25, 0.3) is 5.69 Å². The molecule has 0 aliphatic carbocycles. The van der Waals surface area contributed by atoms with Crippen LogP contribution in [0, 0.1) is 6.92 Å². The number of hydrogen-bond donors (Lipinski definition) is 3. The largest absolute Gasteiger partial charge is 0.505 e. The Bertz CT molecular complexity index is 1170. The van der Waals surface area contributed by atoms with Gasteiger partial charge in [-0.05, 0) is 45.2 Å². The topological polar surface area (TPSA) is 91.5 Å². The first kappa shape index (κ1) is 21.8. The number of aliphatic imine (C=N–C) groups is 1. The maximum atomic E-state index is 10.9. The molecule has 4 atom stereocenters. The van der Waals surface area contributed by atoms with Gasteiger partial charge in [-0.1, -0.05) is 0 Å². The average molecular weight is 492 g/mol. The van der Waals surface area contributed by atoms with Gasteiger partial charge in [-0.15, -0.1) is 34.8 Å². The van der Waals surface area contributed by atoms with Gasteiger partial charge in [-0.25, -0.2) is 19.6 Å². The van der Waals surface area contributed by atoms with Crippen molar-refractivity contribution in [3.63, 3.8) is 0 Å². The molecule has 3 aliphatic heterocycles. The maximum Gasteiger partial charge on any atom is 0.151 e. The maximum absolute atomic E-state index is 10.9. The fourth-order valence-electron chi connectivity index (χ4n) is 4.94. The minimum Gasteiger partial charge on any atom is -0.505 e. The van der Waals surface area contributed by atoms with Crippen LogP contribution in [0.5, 0.6) is 5.75 Å². The first-order valence-corrected chi connectivity index (χ1v) is 12.8. The molecule has 3 aliphatic rings. The number of rotatable bonds is 4. The van der Waals surface area contributed by atoms with Crippen LogP contribution in [-0.4, -0.2) is 59.4 Å². The van der Waals surface area contributed by atoms with E-state index in [4.69, 9.17) is 4.99 Å². The van der Waals surface area contributed by atoms with Crippen LogP contribution in [0.4, 0.5) is 5.00 Å². The number of hydrogen-bond acceptors (Lipinski definition) is 8. The third-order valence-electron chi connectivity index (χ3n) is 6.47. The molecule has 3 aromatic heterocycles. The molecule has 0 radical (unpaired) electrons. The first-order chi connectivity index (χ1) is 15.1. The zero-order valence-electron chi connectivity index (χ0n) is 17.8. The Hall–Kier alpha value is -1.98. The van der Waals surface area contributed by atoms with Gasteiger partial charge in [0.1, 0.15) is 21.5 Å². The first-order valence-electron chi connectivity index (χ1n) is 10.6. The van der Waals surface area contributed by atoms with E-state index in [1.54, 1.807) is 34.5 Å². The number of fused-ring (bicyclic) bond motifs is 3. The van der Waals surface area contributed by atoms with E-state index in [-0.39, 0.29) is 18.2 Å². The molecule has 11 heteroatoms. The molecule has 2 N–H and O–H groups in total. The number of thiazole rings is 1. The summed E-state index contributed by atoms with van der Waals surface area (Å²) >= 11 is 0.631. The minimum absolute atomic E-state index is 0. The zero-order chi connectivity index (χ0) is 21.1. The fraction of sp³-hybridized carbons (Fsp3) is 0.429. The molecule has 0 saturated carbocycles. The number of nitrogens with zero attached hydrogens (tertiary/aromatic N) is 6. The standard InChI is InChI=1S/C21H25N7OS2.ClH/c1-12-8-24-28(10-12)16-7-17(29)18(22-9-16)20-26-19-21(23-11-30-19)31(20)27(2)15-5-13-3-4-14(6-15)25-13;/h7-11,13-15,25,29,31H,3-6H2,1-2H3;1H/t13-,14+,15-;. The molecule has 8 nitrogen and oxygen atoms in total. The van der Waals surface area contributed by atoms with Crippen LogP contribution in [0.2, 0.25) is 0 Å². The van der Waals surface area contributed by atoms with Crippen LogP contribution in [-0.2, 0) is 0 Å². The SMILES string of the molecule is Cc1cnn(-c2cnc(C3=Nc4scnc4[SH]3N(C)[C@@H]3C[C@H]4CC[C@@H](C3)N4)c(O)c2)c1.Cl. The third-order valence-corrected chi connectivity index (χ3v) is 9.74. The van der Waals surface area contributed by atoms with Gasteiger partial charge in [0.15, 0.2) is 5.00 Å². The van der Waals surface area contributed by atoms with Crippen molar-refractivity contribution in [1.82, 2.24) is 29.4 Å². The number of aromatic hydroxyl groups is 1. The number of thiol groups is 1. The molecule has 0 spiro atoms. The molecule has 6 heterocycles. The summed E-state index contributed by atoms with van der Waals surface area (Å²) in [6.45, 7) is 1.99. The van der Waals surface area contributed by atoms with E-state index < -0.39 is 11.1 Å². The van der Waals surface area contributed by atoms with Gasteiger partial charge in [0.2, 0.25) is 0 Å². The highest BCUT2D eigenvalue weighted by atomic mass is 35.5. The van der Waals surface area contributed by atoms with Crippen LogP contribution < -0.4 is 5.32 Å². The van der Waals surface area contributed by atoms with Crippen molar-refractivity contribution in [1.29, 1.82) is 0 Å². The van der Waals surface area contributed by atoms with E-state index in [1.807, 2.05) is 18.6 Å². The quantitative estimate of drug-likeness (QED) is 0.481. The summed E-state index contributed by atoms with van der Waals surface area (Å²) in [5.74, 6) is 0.130. The second kappa shape index (κ2) is 8.42. The van der Waals surface area contributed by atoms with E-state index in [1.165, 1.54) is 12.8 Å². The third kappa shape index (κ3) is 3.63. The van der Waals surface area contributed by atoms with Crippen LogP contribution in [0.15, 0.2) is 40.2 Å². The van der Waals surface area contributed by atoms with Gasteiger partial charge in [0.25, 0.3) is 0 Å². The van der Waals surface area contributed by atoms with Gasteiger partial charge in [-0.2, -0.15) is 5.10 Å². The van der Waals surface area contributed by atoms with Gasteiger partial charge in [0, 0.05) is 30.4 Å². The Balaban J connectivity index is 0.00000216. The zero-order valence-corrected chi connectivity index (χ0v) is 20.4. The van der Waals surface area contributed by atoms with E-state index in [9.17, 15) is 5.11 Å². The van der Waals surface area contributed by atoms with E-state index in [0.29, 0.717) is 23.8 Å². The van der Waals surface area contributed by atoms with E-state index >= 15 is 0 Å². The summed E-state index contributed by atoms with van der Waals surface area (Å²) in [6, 6.07) is 3.43. The van der Waals surface area contributed by atoms with E-state index in [0.717, 1.165) is 39.2 Å². The molecule has 6 rings (SSSR count). The molecule has 3 aromatic rings. The molecule has 2 saturated heterocycles. The van der Waals surface area contributed by atoms with Crippen LogP contribution in [0.3, 0.4) is 0 Å². The van der Waals surface area contributed by atoms with Crippen molar-refractivity contribution in [2.24, 2.45) is 4.99 Å². The van der Waals surface area contributed by atoms with Crippen molar-refractivity contribution in [2.75, 3.05) is 7.05 Å². The van der Waals surface area contributed by atoms with Crippen molar-refractivity contribution >= 4 is 44.9 Å². The highest BCUT2D eigenvalue weighted by molar-refractivity contribution is 8.29. The summed E-state index contributed by atoms with van der Waals surface area (Å²) in [6.07, 6.45) is 10.3. The Kier molecular flexibility index (Phi) is 5.75. The van der Waals surface area contributed by atoms with Crippen molar-refractivity contribution in [3.8, 4) is 11.4 Å². The highest BCUT2D eigenvalue weighted by Crippen LogP contribution is 2.56. The number of aryl methyl sites for hydroxylation is 1. The Morgan fingerprint density at radius 1 is 1.22 bits per heavy atom. The average Bonchev–Trinajstić information content (AvgIpc) is 3.52. The number of nitrogens with one attached hydrogen (secondary N) is 1. The molecular weight excluding hydrogens is 466 g/mol. The second-order valence-corrected chi connectivity index (χ2v) is 11.5. The molecule has 0 amide bonds. The van der Waals surface area contributed by atoms with E-state index in [2.05, 4.69) is 31.7 Å². The van der Waals surface area contributed by atoms with Gasteiger partial charge < -0.3 is 10.4 Å². The number of aromatic nitrogens is 4. The molecular formula is C21H26ClN7OS2. The van der Waals surface area contributed by atoms with Crippen LogP contribution >= 0.6 is 34.8 Å². The molecule has 32 heavy (non-hydrogen) atoms. The molecule has 1 unspecified atom stereocenters. The van der Waals surface area contributed by atoms with Crippen LogP contribution in [0.1, 0.15) is 36.9 Å². The monoisotopic (exact) mass is 491 g/mol. The second-order valence-electron chi connectivity index (χ2n) is 8.59. The Morgan fingerprint density at radius 2 is 2.00 bits per heavy atom. The summed E-state index contributed by atoms with van der Waals surface area (Å²) in [7, 11) is 2.20. The summed E-state index contributed by atoms with van der Waals surface area (Å²) < 4.78 is 4.19. The minimum atomic E-state index is -0.924. The lowest BCUT2D eigenvalue weighted by Gasteiger charge is -2.40. The summed E-state index contributed by atoms with van der Waals surface area (Å²) in [5, 5.41) is 21.8. The molecule has 2 fully saturated rings. The van der Waals surface area contributed by atoms with Gasteiger partial charge in [0.05, 0.1) is 23.6 Å². The lowest BCUT2D eigenvalue weighted by molar-refractivity contribution is 0.264. The predicted octanol–water partition coefficient (Wildman–Crippen LogP) is 3.74. The Morgan fingerprint density at radius 3 is 2.69 bits per heavy atom. The molecule has 2 bridgehead atoms. The summed E-state index contributed by atoms with van der Waals surface area (Å²) in [4.78, 5) is 14.2. The molecule has 170 valence electrons. The lowest BCUT2D eigenvalue weighted by atomic mass is 10.0. The fourth-order valence-corrected chi connectivity index (χ4v) is 8.34.